The quantitative estimate of drug-likeness (QED) is 0.850. The molecule has 0 saturated heterocycles. The van der Waals surface area contributed by atoms with E-state index in [-0.39, 0.29) is 5.91 Å². The fraction of sp³-hybridized carbons (Fsp3) is 0.235. The van der Waals surface area contributed by atoms with Gasteiger partial charge in [0.1, 0.15) is 0 Å². The van der Waals surface area contributed by atoms with Crippen molar-refractivity contribution >= 4 is 23.4 Å². The Morgan fingerprint density at radius 1 is 1.14 bits per heavy atom. The number of nitrogens with two attached hydrogens (primary N) is 1. The Hall–Kier alpha value is -1.78. The lowest BCUT2D eigenvalue weighted by molar-refractivity contribution is -0.117. The number of nitrogens with one attached hydrogen (secondary N) is 1. The molecule has 0 unspecified atom stereocenters. The van der Waals surface area contributed by atoms with Crippen LogP contribution in [0.1, 0.15) is 19.8 Å². The van der Waals surface area contributed by atoms with Crippen LogP contribution in [0, 0.1) is 0 Å². The van der Waals surface area contributed by atoms with E-state index in [1.165, 1.54) is 0 Å². The van der Waals surface area contributed by atoms with E-state index in [1.807, 2.05) is 61.5 Å². The Balaban J connectivity index is 2.12. The van der Waals surface area contributed by atoms with Gasteiger partial charge < -0.3 is 11.1 Å². The maximum Gasteiger partial charge on any atom is 0.241 e. The fourth-order valence-corrected chi connectivity index (χ4v) is 2.86. The first-order chi connectivity index (χ1) is 10.2. The molecule has 0 aliphatic carbocycles. The van der Waals surface area contributed by atoms with Crippen LogP contribution >= 0.6 is 11.8 Å². The van der Waals surface area contributed by atoms with Crippen molar-refractivity contribution in [3.05, 3.63) is 54.6 Å². The van der Waals surface area contributed by atoms with Crippen molar-refractivity contribution in [3.63, 3.8) is 0 Å². The van der Waals surface area contributed by atoms with E-state index in [1.54, 1.807) is 11.8 Å². The monoisotopic (exact) mass is 300 g/mol. The Bertz CT molecular complexity index is 586. The van der Waals surface area contributed by atoms with E-state index in [0.717, 1.165) is 21.9 Å². The molecule has 110 valence electrons. The van der Waals surface area contributed by atoms with Crippen molar-refractivity contribution in [1.29, 1.82) is 0 Å². The van der Waals surface area contributed by atoms with E-state index in [4.69, 9.17) is 5.73 Å². The van der Waals surface area contributed by atoms with Crippen molar-refractivity contribution in [2.75, 3.05) is 5.32 Å². The molecular weight excluding hydrogens is 280 g/mol. The third-order valence-electron chi connectivity index (χ3n) is 3.05. The van der Waals surface area contributed by atoms with Crippen LogP contribution in [0.4, 0.5) is 5.69 Å². The predicted molar refractivity (Wildman–Crippen MR) is 88.5 cm³/mol. The van der Waals surface area contributed by atoms with E-state index in [2.05, 4.69) is 5.32 Å². The van der Waals surface area contributed by atoms with Crippen LogP contribution in [0.2, 0.25) is 0 Å². The average molecular weight is 300 g/mol. The number of rotatable bonds is 6. The van der Waals surface area contributed by atoms with E-state index in [9.17, 15) is 4.79 Å². The molecule has 0 radical (unpaired) electrons. The Kier molecular flexibility index (Phi) is 5.84. The number of hydrogen-bond donors (Lipinski definition) is 2. The molecule has 0 spiro atoms. The van der Waals surface area contributed by atoms with Crippen LogP contribution in [0.15, 0.2) is 64.4 Å². The molecule has 0 heterocycles. The van der Waals surface area contributed by atoms with Crippen molar-refractivity contribution < 1.29 is 4.79 Å². The second-order valence-electron chi connectivity index (χ2n) is 4.80. The van der Waals surface area contributed by atoms with Gasteiger partial charge >= 0.3 is 0 Å². The molecule has 2 aromatic rings. The van der Waals surface area contributed by atoms with Crippen LogP contribution in [-0.2, 0) is 4.79 Å². The number of para-hydroxylation sites is 1. The first kappa shape index (κ1) is 15.6. The maximum absolute atomic E-state index is 12.1. The number of amides is 1. The molecule has 3 N–H and O–H groups in total. The number of carbonyl (C=O) groups is 1. The number of carbonyl (C=O) groups excluding carboxylic acids is 1. The van der Waals surface area contributed by atoms with Gasteiger partial charge in [-0.3, -0.25) is 4.79 Å². The molecule has 0 saturated carbocycles. The van der Waals surface area contributed by atoms with Gasteiger partial charge in [-0.2, -0.15) is 0 Å². The van der Waals surface area contributed by atoms with E-state index < -0.39 is 6.04 Å². The summed E-state index contributed by atoms with van der Waals surface area (Å²) in [6, 6.07) is 17.4. The molecule has 2 rings (SSSR count). The Labute approximate surface area is 129 Å². The van der Waals surface area contributed by atoms with E-state index in [0.29, 0.717) is 6.42 Å². The van der Waals surface area contributed by atoms with Crippen molar-refractivity contribution in [2.24, 2.45) is 5.73 Å². The number of benzene rings is 2. The van der Waals surface area contributed by atoms with Gasteiger partial charge in [-0.25, -0.2) is 0 Å². The standard InChI is InChI=1S/C17H20N2OS/c1-2-8-14(18)17(20)19-15-11-6-7-12-16(15)21-13-9-4-3-5-10-13/h3-7,9-12,14H,2,8,18H2,1H3,(H,19,20)/t14-/m0/s1. The molecule has 0 aliphatic heterocycles. The minimum absolute atomic E-state index is 0.127. The first-order valence-corrected chi connectivity index (χ1v) is 7.90. The predicted octanol–water partition coefficient (Wildman–Crippen LogP) is 3.90. The van der Waals surface area contributed by atoms with Gasteiger partial charge in [-0.05, 0) is 30.7 Å². The van der Waals surface area contributed by atoms with Crippen LogP contribution in [-0.4, -0.2) is 11.9 Å². The van der Waals surface area contributed by atoms with Gasteiger partial charge in [0.25, 0.3) is 0 Å². The van der Waals surface area contributed by atoms with Crippen LogP contribution in [0.25, 0.3) is 0 Å². The summed E-state index contributed by atoms with van der Waals surface area (Å²) in [7, 11) is 0. The second-order valence-corrected chi connectivity index (χ2v) is 5.91. The summed E-state index contributed by atoms with van der Waals surface area (Å²) >= 11 is 1.63. The molecule has 1 amide bonds. The normalized spacial score (nSPS) is 11.9. The van der Waals surface area contributed by atoms with Crippen LogP contribution in [0.3, 0.4) is 0 Å². The Morgan fingerprint density at radius 2 is 1.81 bits per heavy atom. The van der Waals surface area contributed by atoms with Gasteiger partial charge in [-0.1, -0.05) is 55.4 Å². The summed E-state index contributed by atoms with van der Waals surface area (Å²) in [5, 5.41) is 2.93. The highest BCUT2D eigenvalue weighted by Crippen LogP contribution is 2.33. The molecule has 21 heavy (non-hydrogen) atoms. The van der Waals surface area contributed by atoms with Gasteiger partial charge in [-0.15, -0.1) is 0 Å². The average Bonchev–Trinajstić information content (AvgIpc) is 2.50. The van der Waals surface area contributed by atoms with Crippen LogP contribution in [0.5, 0.6) is 0 Å². The highest BCUT2D eigenvalue weighted by atomic mass is 32.2. The summed E-state index contributed by atoms with van der Waals surface area (Å²) < 4.78 is 0. The molecule has 0 aromatic heterocycles. The lowest BCUT2D eigenvalue weighted by Crippen LogP contribution is -2.35. The number of anilines is 1. The van der Waals surface area contributed by atoms with Crippen LogP contribution < -0.4 is 11.1 Å². The summed E-state index contributed by atoms with van der Waals surface area (Å²) in [6.45, 7) is 2.02. The SMILES string of the molecule is CCC[C@H](N)C(=O)Nc1ccccc1Sc1ccccc1. The zero-order valence-corrected chi connectivity index (χ0v) is 12.9. The number of hydrogen-bond acceptors (Lipinski definition) is 3. The summed E-state index contributed by atoms with van der Waals surface area (Å²) in [5.74, 6) is -0.127. The van der Waals surface area contributed by atoms with Gasteiger partial charge in [0.15, 0.2) is 0 Å². The molecule has 2 aromatic carbocycles. The van der Waals surface area contributed by atoms with Gasteiger partial charge in [0.05, 0.1) is 11.7 Å². The maximum atomic E-state index is 12.1. The highest BCUT2D eigenvalue weighted by molar-refractivity contribution is 7.99. The minimum atomic E-state index is -0.454. The van der Waals surface area contributed by atoms with Crippen molar-refractivity contribution in [3.8, 4) is 0 Å². The zero-order chi connectivity index (χ0) is 15.1. The first-order valence-electron chi connectivity index (χ1n) is 7.09. The zero-order valence-electron chi connectivity index (χ0n) is 12.1. The molecule has 0 fully saturated rings. The molecule has 0 aliphatic rings. The smallest absolute Gasteiger partial charge is 0.241 e. The lowest BCUT2D eigenvalue weighted by atomic mass is 10.1. The van der Waals surface area contributed by atoms with Gasteiger partial charge in [0, 0.05) is 9.79 Å². The molecular formula is C17H20N2OS. The van der Waals surface area contributed by atoms with Crippen molar-refractivity contribution in [2.45, 2.75) is 35.6 Å². The molecule has 4 heteroatoms. The molecule has 0 bridgehead atoms. The minimum Gasteiger partial charge on any atom is -0.324 e. The second kappa shape index (κ2) is 7.86. The summed E-state index contributed by atoms with van der Waals surface area (Å²) in [6.07, 6.45) is 1.59. The lowest BCUT2D eigenvalue weighted by Gasteiger charge is -2.14. The fourth-order valence-electron chi connectivity index (χ4n) is 1.94. The topological polar surface area (TPSA) is 55.1 Å². The van der Waals surface area contributed by atoms with Crippen molar-refractivity contribution in [1.82, 2.24) is 0 Å². The van der Waals surface area contributed by atoms with E-state index >= 15 is 0 Å². The molecule has 1 atom stereocenters. The third-order valence-corrected chi connectivity index (χ3v) is 4.14. The van der Waals surface area contributed by atoms with Gasteiger partial charge in [0.2, 0.25) is 5.91 Å². The molecule has 3 nitrogen and oxygen atoms in total. The third kappa shape index (κ3) is 4.62. The summed E-state index contributed by atoms with van der Waals surface area (Å²) in [5.41, 5.74) is 6.67. The summed E-state index contributed by atoms with van der Waals surface area (Å²) in [4.78, 5) is 14.2. The Morgan fingerprint density at radius 3 is 2.52 bits per heavy atom. The highest BCUT2D eigenvalue weighted by Gasteiger charge is 2.14. The largest absolute Gasteiger partial charge is 0.324 e.